The van der Waals surface area contributed by atoms with Gasteiger partial charge >= 0.3 is 6.03 Å². The molecule has 1 aromatic heterocycles. The van der Waals surface area contributed by atoms with Gasteiger partial charge in [0.25, 0.3) is 0 Å². The summed E-state index contributed by atoms with van der Waals surface area (Å²) in [5.74, 6) is 0.186. The molecule has 0 spiro atoms. The minimum atomic E-state index is -0.488. The molecule has 0 saturated carbocycles. The molecular formula is C15H16FN5O2. The van der Waals surface area contributed by atoms with Crippen LogP contribution in [-0.4, -0.2) is 42.3 Å². The Morgan fingerprint density at radius 3 is 2.52 bits per heavy atom. The highest BCUT2D eigenvalue weighted by Crippen LogP contribution is 2.13. The Kier molecular flexibility index (Phi) is 4.62. The van der Waals surface area contributed by atoms with Crippen molar-refractivity contribution in [1.82, 2.24) is 9.97 Å². The Bertz CT molecular complexity index is 674. The second kappa shape index (κ2) is 7.01. The lowest BCUT2D eigenvalue weighted by Crippen LogP contribution is -2.37. The van der Waals surface area contributed by atoms with Crippen molar-refractivity contribution in [2.45, 2.75) is 0 Å². The molecule has 0 radical (unpaired) electrons. The number of halogens is 1. The highest BCUT2D eigenvalue weighted by atomic mass is 19.1. The molecule has 1 fully saturated rings. The molecule has 1 aliphatic heterocycles. The van der Waals surface area contributed by atoms with E-state index in [4.69, 9.17) is 4.74 Å². The van der Waals surface area contributed by atoms with E-state index in [0.29, 0.717) is 30.5 Å². The van der Waals surface area contributed by atoms with E-state index in [1.165, 1.54) is 30.6 Å². The molecule has 3 rings (SSSR count). The normalized spacial score (nSPS) is 14.4. The summed E-state index contributed by atoms with van der Waals surface area (Å²) < 4.78 is 18.3. The highest BCUT2D eigenvalue weighted by molar-refractivity contribution is 5.99. The number of hydrogen-bond donors (Lipinski definition) is 2. The third-order valence-corrected chi connectivity index (χ3v) is 3.27. The smallest absolute Gasteiger partial charge is 0.323 e. The first kappa shape index (κ1) is 15.2. The number of aromatic nitrogens is 2. The Morgan fingerprint density at radius 1 is 1.13 bits per heavy atom. The maximum atomic E-state index is 13.1. The highest BCUT2D eigenvalue weighted by Gasteiger charge is 2.13. The summed E-state index contributed by atoms with van der Waals surface area (Å²) in [6, 6.07) is 5.17. The van der Waals surface area contributed by atoms with Crippen LogP contribution in [0.15, 0.2) is 36.7 Å². The minimum Gasteiger partial charge on any atom is -0.378 e. The van der Waals surface area contributed by atoms with Crippen LogP contribution in [0.3, 0.4) is 0 Å². The Morgan fingerprint density at radius 2 is 1.83 bits per heavy atom. The van der Waals surface area contributed by atoms with Gasteiger partial charge in [-0.25, -0.2) is 19.2 Å². The molecule has 2 N–H and O–H groups in total. The third kappa shape index (κ3) is 4.13. The number of morpholine rings is 1. The van der Waals surface area contributed by atoms with E-state index in [1.54, 1.807) is 6.07 Å². The molecular weight excluding hydrogens is 301 g/mol. The molecule has 1 aliphatic rings. The number of carbonyl (C=O) groups is 1. The number of benzene rings is 1. The van der Waals surface area contributed by atoms with Crippen molar-refractivity contribution in [1.29, 1.82) is 0 Å². The number of carbonyl (C=O) groups excluding carboxylic acids is 1. The van der Waals surface area contributed by atoms with Crippen LogP contribution in [-0.2, 0) is 4.74 Å². The standard InChI is InChI=1S/C15H16FN5O2/c16-11-2-1-3-12(8-11)19-15(22)20-13-9-17-14(18-10-13)21-4-6-23-7-5-21/h1-3,8-10H,4-7H2,(H2,19,20,22). The van der Waals surface area contributed by atoms with Gasteiger partial charge in [0.05, 0.1) is 31.3 Å². The fourth-order valence-corrected chi connectivity index (χ4v) is 2.17. The predicted molar refractivity (Wildman–Crippen MR) is 84.1 cm³/mol. The zero-order valence-electron chi connectivity index (χ0n) is 12.3. The van der Waals surface area contributed by atoms with E-state index in [2.05, 4.69) is 20.6 Å². The molecule has 2 heterocycles. The van der Waals surface area contributed by atoms with Crippen LogP contribution in [0, 0.1) is 5.82 Å². The third-order valence-electron chi connectivity index (χ3n) is 3.27. The van der Waals surface area contributed by atoms with Gasteiger partial charge in [-0.3, -0.25) is 0 Å². The molecule has 1 aromatic carbocycles. The van der Waals surface area contributed by atoms with Gasteiger partial charge in [0.2, 0.25) is 5.95 Å². The number of ether oxygens (including phenoxy) is 1. The Labute approximate surface area is 132 Å². The Hall–Kier alpha value is -2.74. The second-order valence-corrected chi connectivity index (χ2v) is 4.96. The first-order valence-electron chi connectivity index (χ1n) is 7.19. The first-order valence-corrected chi connectivity index (χ1v) is 7.19. The summed E-state index contributed by atoms with van der Waals surface area (Å²) in [5.41, 5.74) is 0.823. The zero-order chi connectivity index (χ0) is 16.1. The molecule has 0 aliphatic carbocycles. The van der Waals surface area contributed by atoms with Crippen molar-refractivity contribution in [2.24, 2.45) is 0 Å². The number of nitrogens with one attached hydrogen (secondary N) is 2. The summed E-state index contributed by atoms with van der Waals surface area (Å²) >= 11 is 0. The quantitative estimate of drug-likeness (QED) is 0.906. The van der Waals surface area contributed by atoms with Crippen molar-refractivity contribution < 1.29 is 13.9 Å². The average molecular weight is 317 g/mol. The lowest BCUT2D eigenvalue weighted by Gasteiger charge is -2.26. The van der Waals surface area contributed by atoms with Gasteiger partial charge in [-0.2, -0.15) is 0 Å². The van der Waals surface area contributed by atoms with E-state index in [9.17, 15) is 9.18 Å². The van der Waals surface area contributed by atoms with Gasteiger partial charge < -0.3 is 20.3 Å². The average Bonchev–Trinajstić information content (AvgIpc) is 2.56. The van der Waals surface area contributed by atoms with Gasteiger partial charge in [-0.1, -0.05) is 6.07 Å². The van der Waals surface area contributed by atoms with Crippen molar-refractivity contribution >= 4 is 23.4 Å². The number of amides is 2. The van der Waals surface area contributed by atoms with Crippen LogP contribution >= 0.6 is 0 Å². The van der Waals surface area contributed by atoms with Crippen LogP contribution in [0.5, 0.6) is 0 Å². The molecule has 7 nitrogen and oxygen atoms in total. The molecule has 0 bridgehead atoms. The van der Waals surface area contributed by atoms with Crippen molar-refractivity contribution in [2.75, 3.05) is 41.8 Å². The zero-order valence-corrected chi connectivity index (χ0v) is 12.3. The molecule has 2 aromatic rings. The van der Waals surface area contributed by atoms with Gasteiger partial charge in [0, 0.05) is 18.8 Å². The molecule has 0 atom stereocenters. The van der Waals surface area contributed by atoms with Crippen LogP contribution in [0.2, 0.25) is 0 Å². The SMILES string of the molecule is O=C(Nc1cnc(N2CCOCC2)nc1)Nc1cccc(F)c1. The predicted octanol–water partition coefficient (Wildman–Crippen LogP) is 2.10. The summed E-state index contributed by atoms with van der Waals surface area (Å²) in [6.07, 6.45) is 3.06. The maximum Gasteiger partial charge on any atom is 0.323 e. The maximum absolute atomic E-state index is 13.1. The number of rotatable bonds is 3. The van der Waals surface area contributed by atoms with Gasteiger partial charge in [0.15, 0.2) is 0 Å². The van der Waals surface area contributed by atoms with Crippen LogP contribution < -0.4 is 15.5 Å². The van der Waals surface area contributed by atoms with Crippen molar-refractivity contribution in [3.05, 3.63) is 42.5 Å². The number of hydrogen-bond acceptors (Lipinski definition) is 5. The molecule has 2 amide bonds. The number of urea groups is 1. The van der Waals surface area contributed by atoms with E-state index >= 15 is 0 Å². The minimum absolute atomic E-state index is 0.369. The number of nitrogens with zero attached hydrogens (tertiary/aromatic N) is 3. The van der Waals surface area contributed by atoms with E-state index < -0.39 is 11.8 Å². The van der Waals surface area contributed by atoms with Crippen molar-refractivity contribution in [3.8, 4) is 0 Å². The van der Waals surface area contributed by atoms with Crippen LogP contribution in [0.25, 0.3) is 0 Å². The van der Waals surface area contributed by atoms with Crippen LogP contribution in [0.4, 0.5) is 26.5 Å². The van der Waals surface area contributed by atoms with E-state index in [1.807, 2.05) is 4.90 Å². The summed E-state index contributed by atoms with van der Waals surface area (Å²) in [6.45, 7) is 2.79. The summed E-state index contributed by atoms with van der Waals surface area (Å²) in [4.78, 5) is 22.3. The van der Waals surface area contributed by atoms with Crippen molar-refractivity contribution in [3.63, 3.8) is 0 Å². The molecule has 0 unspecified atom stereocenters. The lowest BCUT2D eigenvalue weighted by atomic mass is 10.3. The fraction of sp³-hybridized carbons (Fsp3) is 0.267. The monoisotopic (exact) mass is 317 g/mol. The number of anilines is 3. The molecule has 120 valence electrons. The van der Waals surface area contributed by atoms with E-state index in [-0.39, 0.29) is 0 Å². The van der Waals surface area contributed by atoms with Gasteiger partial charge in [-0.05, 0) is 18.2 Å². The second-order valence-electron chi connectivity index (χ2n) is 4.96. The van der Waals surface area contributed by atoms with Gasteiger partial charge in [-0.15, -0.1) is 0 Å². The summed E-state index contributed by atoms with van der Waals surface area (Å²) in [7, 11) is 0. The molecule has 23 heavy (non-hydrogen) atoms. The molecule has 1 saturated heterocycles. The largest absolute Gasteiger partial charge is 0.378 e. The van der Waals surface area contributed by atoms with Gasteiger partial charge in [0.1, 0.15) is 5.82 Å². The lowest BCUT2D eigenvalue weighted by molar-refractivity contribution is 0.122. The fourth-order valence-electron chi connectivity index (χ4n) is 2.17. The Balaban J connectivity index is 1.58. The topological polar surface area (TPSA) is 79.4 Å². The van der Waals surface area contributed by atoms with Crippen LogP contribution in [0.1, 0.15) is 0 Å². The van der Waals surface area contributed by atoms with E-state index in [0.717, 1.165) is 13.1 Å². The summed E-state index contributed by atoms with van der Waals surface area (Å²) in [5, 5.41) is 5.14. The molecule has 8 heteroatoms. The first-order chi connectivity index (χ1) is 11.2.